The summed E-state index contributed by atoms with van der Waals surface area (Å²) in [4.78, 5) is 24.0. The first kappa shape index (κ1) is 22.2. The number of ether oxygens (including phenoxy) is 2. The zero-order valence-corrected chi connectivity index (χ0v) is 17.6. The van der Waals surface area contributed by atoms with Gasteiger partial charge in [-0.25, -0.2) is 0 Å². The van der Waals surface area contributed by atoms with Crippen molar-refractivity contribution in [3.8, 4) is 11.8 Å². The van der Waals surface area contributed by atoms with Gasteiger partial charge in [0.2, 0.25) is 5.91 Å². The first-order valence-corrected chi connectivity index (χ1v) is 10.2. The molecule has 0 bridgehead atoms. The number of nitro benzene ring substituents is 1. The minimum Gasteiger partial charge on any atom is -0.493 e. The van der Waals surface area contributed by atoms with Gasteiger partial charge in [-0.2, -0.15) is 5.26 Å². The largest absolute Gasteiger partial charge is 0.493 e. The number of nitrogens with zero attached hydrogens (tertiary/aromatic N) is 2. The number of nitriles is 1. The summed E-state index contributed by atoms with van der Waals surface area (Å²) in [7, 11) is 0. The summed E-state index contributed by atoms with van der Waals surface area (Å²) < 4.78 is 11.1. The third kappa shape index (κ3) is 5.01. The second-order valence-electron chi connectivity index (χ2n) is 7.98. The normalized spacial score (nSPS) is 15.2. The third-order valence-electron chi connectivity index (χ3n) is 5.35. The number of rotatable bonds is 7. The zero-order valence-electron chi connectivity index (χ0n) is 17.6. The van der Waals surface area contributed by atoms with Crippen molar-refractivity contribution in [2.24, 2.45) is 5.92 Å². The SMILES string of the molecule is CC(C)COc1ccc(NC(=O)C2(c3ccc([N+](=O)[O-])cc3)CCOCC2)c(C#N)c1. The third-order valence-corrected chi connectivity index (χ3v) is 5.35. The molecule has 162 valence electrons. The molecule has 8 heteroatoms. The van der Waals surface area contributed by atoms with Crippen LogP contribution in [-0.2, 0) is 14.9 Å². The Bertz CT molecular complexity index is 989. The molecule has 1 saturated heterocycles. The van der Waals surface area contributed by atoms with Crippen molar-refractivity contribution in [3.05, 3.63) is 63.7 Å². The van der Waals surface area contributed by atoms with Crippen LogP contribution in [0.4, 0.5) is 11.4 Å². The molecule has 0 spiro atoms. The Hall–Kier alpha value is -3.44. The van der Waals surface area contributed by atoms with Crippen LogP contribution in [0.3, 0.4) is 0 Å². The Morgan fingerprint density at radius 3 is 2.52 bits per heavy atom. The second-order valence-corrected chi connectivity index (χ2v) is 7.98. The van der Waals surface area contributed by atoms with E-state index in [2.05, 4.69) is 11.4 Å². The fourth-order valence-electron chi connectivity index (χ4n) is 3.59. The van der Waals surface area contributed by atoms with E-state index in [9.17, 15) is 20.2 Å². The average Bonchev–Trinajstić information content (AvgIpc) is 2.78. The first-order chi connectivity index (χ1) is 14.9. The van der Waals surface area contributed by atoms with Crippen LogP contribution in [0, 0.1) is 27.4 Å². The Balaban J connectivity index is 1.87. The summed E-state index contributed by atoms with van der Waals surface area (Å²) in [6, 6.07) is 13.2. The van der Waals surface area contributed by atoms with Gasteiger partial charge in [-0.1, -0.05) is 26.0 Å². The van der Waals surface area contributed by atoms with E-state index >= 15 is 0 Å². The van der Waals surface area contributed by atoms with E-state index in [0.29, 0.717) is 61.1 Å². The van der Waals surface area contributed by atoms with Gasteiger partial charge in [0.15, 0.2) is 0 Å². The molecule has 8 nitrogen and oxygen atoms in total. The van der Waals surface area contributed by atoms with Crippen molar-refractivity contribution in [1.82, 2.24) is 0 Å². The molecule has 0 aliphatic carbocycles. The fraction of sp³-hybridized carbons (Fsp3) is 0.391. The maximum atomic E-state index is 13.4. The molecule has 2 aromatic carbocycles. The second kappa shape index (κ2) is 9.58. The van der Waals surface area contributed by atoms with Gasteiger partial charge in [0.25, 0.3) is 5.69 Å². The lowest BCUT2D eigenvalue weighted by molar-refractivity contribution is -0.384. The Morgan fingerprint density at radius 1 is 1.26 bits per heavy atom. The van der Waals surface area contributed by atoms with E-state index < -0.39 is 10.3 Å². The number of hydrogen-bond donors (Lipinski definition) is 1. The number of carbonyl (C=O) groups is 1. The maximum absolute atomic E-state index is 13.4. The topological polar surface area (TPSA) is 114 Å². The van der Waals surface area contributed by atoms with E-state index in [4.69, 9.17) is 9.47 Å². The van der Waals surface area contributed by atoms with Crippen LogP contribution in [-0.4, -0.2) is 30.7 Å². The van der Waals surface area contributed by atoms with Gasteiger partial charge < -0.3 is 14.8 Å². The van der Waals surface area contributed by atoms with E-state index in [0.717, 1.165) is 0 Å². The minimum atomic E-state index is -0.896. The molecule has 31 heavy (non-hydrogen) atoms. The van der Waals surface area contributed by atoms with Crippen LogP contribution in [0.1, 0.15) is 37.8 Å². The molecule has 0 aromatic heterocycles. The van der Waals surface area contributed by atoms with Crippen LogP contribution in [0.2, 0.25) is 0 Å². The van der Waals surface area contributed by atoms with Crippen molar-refractivity contribution in [2.75, 3.05) is 25.1 Å². The molecule has 1 heterocycles. The highest BCUT2D eigenvalue weighted by atomic mass is 16.6. The molecular weight excluding hydrogens is 398 g/mol. The highest BCUT2D eigenvalue weighted by Gasteiger charge is 2.42. The van der Waals surface area contributed by atoms with Gasteiger partial charge in [0.1, 0.15) is 11.8 Å². The molecule has 0 unspecified atom stereocenters. The lowest BCUT2D eigenvalue weighted by atomic mass is 9.73. The summed E-state index contributed by atoms with van der Waals surface area (Å²) in [6.07, 6.45) is 0.877. The molecule has 3 rings (SSSR count). The molecule has 1 amide bonds. The summed E-state index contributed by atoms with van der Waals surface area (Å²) >= 11 is 0. The summed E-state index contributed by atoms with van der Waals surface area (Å²) in [5.41, 5.74) is 0.467. The lowest BCUT2D eigenvalue weighted by Crippen LogP contribution is -2.45. The van der Waals surface area contributed by atoms with Crippen LogP contribution in [0.15, 0.2) is 42.5 Å². The molecule has 1 aliphatic heterocycles. The van der Waals surface area contributed by atoms with Gasteiger partial charge in [0.05, 0.1) is 28.2 Å². The number of hydrogen-bond acceptors (Lipinski definition) is 6. The van der Waals surface area contributed by atoms with Crippen LogP contribution in [0.5, 0.6) is 5.75 Å². The molecule has 1 fully saturated rings. The highest BCUT2D eigenvalue weighted by molar-refractivity contribution is 6.00. The fourth-order valence-corrected chi connectivity index (χ4v) is 3.59. The van der Waals surface area contributed by atoms with Crippen molar-refractivity contribution >= 4 is 17.3 Å². The molecule has 2 aromatic rings. The van der Waals surface area contributed by atoms with Gasteiger partial charge in [-0.15, -0.1) is 0 Å². The predicted molar refractivity (Wildman–Crippen MR) is 115 cm³/mol. The van der Waals surface area contributed by atoms with E-state index in [1.165, 1.54) is 12.1 Å². The lowest BCUT2D eigenvalue weighted by Gasteiger charge is -2.36. The number of nitro groups is 1. The smallest absolute Gasteiger partial charge is 0.269 e. The number of nitrogens with one attached hydrogen (secondary N) is 1. The Morgan fingerprint density at radius 2 is 1.94 bits per heavy atom. The maximum Gasteiger partial charge on any atom is 0.269 e. The predicted octanol–water partition coefficient (Wildman–Crippen LogP) is 4.19. The van der Waals surface area contributed by atoms with Crippen molar-refractivity contribution in [3.63, 3.8) is 0 Å². The van der Waals surface area contributed by atoms with Crippen LogP contribution in [0.25, 0.3) is 0 Å². The van der Waals surface area contributed by atoms with Gasteiger partial charge in [-0.05, 0) is 42.5 Å². The average molecular weight is 423 g/mol. The molecule has 0 radical (unpaired) electrons. The highest BCUT2D eigenvalue weighted by Crippen LogP contribution is 2.37. The molecule has 0 saturated carbocycles. The summed E-state index contributed by atoms with van der Waals surface area (Å²) in [5, 5.41) is 23.5. The molecule has 1 N–H and O–H groups in total. The van der Waals surface area contributed by atoms with E-state index in [1.807, 2.05) is 13.8 Å². The first-order valence-electron chi connectivity index (χ1n) is 10.2. The number of non-ortho nitro benzene ring substituents is 1. The van der Waals surface area contributed by atoms with Gasteiger partial charge in [0, 0.05) is 25.3 Å². The van der Waals surface area contributed by atoms with Crippen molar-refractivity contribution in [1.29, 1.82) is 5.26 Å². The van der Waals surface area contributed by atoms with Gasteiger partial charge in [-0.3, -0.25) is 14.9 Å². The van der Waals surface area contributed by atoms with Crippen LogP contribution >= 0.6 is 0 Å². The molecule has 0 atom stereocenters. The Labute approximate surface area is 180 Å². The van der Waals surface area contributed by atoms with Crippen molar-refractivity contribution in [2.45, 2.75) is 32.1 Å². The standard InChI is InChI=1S/C23H25N3O5/c1-16(2)15-31-20-7-8-21(17(13-20)14-24)25-22(27)23(9-11-30-12-10-23)18-3-5-19(6-4-18)26(28)29/h3-8,13,16H,9-12,15H2,1-2H3,(H,25,27). The summed E-state index contributed by atoms with van der Waals surface area (Å²) in [5.74, 6) is 0.649. The van der Waals surface area contributed by atoms with Gasteiger partial charge >= 0.3 is 0 Å². The molecule has 1 aliphatic rings. The van der Waals surface area contributed by atoms with Crippen LogP contribution < -0.4 is 10.1 Å². The zero-order chi connectivity index (χ0) is 22.4. The number of anilines is 1. The minimum absolute atomic E-state index is 0.0323. The van der Waals surface area contributed by atoms with E-state index in [-0.39, 0.29) is 11.6 Å². The summed E-state index contributed by atoms with van der Waals surface area (Å²) in [6.45, 7) is 5.39. The monoisotopic (exact) mass is 423 g/mol. The molecular formula is C23H25N3O5. The quantitative estimate of drug-likeness (QED) is 0.527. The number of carbonyl (C=O) groups excluding carboxylic acids is 1. The Kier molecular flexibility index (Phi) is 6.88. The van der Waals surface area contributed by atoms with Crippen molar-refractivity contribution < 1.29 is 19.2 Å². The van der Waals surface area contributed by atoms with E-state index in [1.54, 1.807) is 30.3 Å². The number of amides is 1. The number of benzene rings is 2.